The van der Waals surface area contributed by atoms with E-state index in [0.29, 0.717) is 5.82 Å². The molecule has 1 aromatic heterocycles. The predicted octanol–water partition coefficient (Wildman–Crippen LogP) is 0.883. The van der Waals surface area contributed by atoms with Gasteiger partial charge in [0.05, 0.1) is 0 Å². The maximum Gasteiger partial charge on any atom is 0.264 e. The van der Waals surface area contributed by atoms with E-state index in [0.717, 1.165) is 12.1 Å². The minimum atomic E-state index is -4.35. The van der Waals surface area contributed by atoms with Crippen LogP contribution in [0.2, 0.25) is 0 Å². The lowest BCUT2D eigenvalue weighted by atomic mass is 10.3. The molecular weight excluding hydrogens is 296 g/mol. The lowest BCUT2D eigenvalue weighted by Crippen LogP contribution is -2.15. The SMILES string of the molecule is Cc1noc(COc2ccc(S(N)(=O)=O)c(F)c2F)n1. The van der Waals surface area contributed by atoms with Crippen LogP contribution in [-0.4, -0.2) is 18.6 Å². The zero-order valence-corrected chi connectivity index (χ0v) is 10.9. The van der Waals surface area contributed by atoms with Crippen LogP contribution < -0.4 is 9.88 Å². The van der Waals surface area contributed by atoms with Crippen molar-refractivity contribution in [2.45, 2.75) is 18.4 Å². The number of benzene rings is 1. The number of nitrogens with zero attached hydrogens (tertiary/aromatic N) is 2. The number of rotatable bonds is 4. The fourth-order valence-corrected chi connectivity index (χ4v) is 1.98. The Morgan fingerprint density at radius 3 is 2.60 bits per heavy atom. The number of primary sulfonamides is 1. The van der Waals surface area contributed by atoms with Crippen LogP contribution in [0.5, 0.6) is 5.75 Å². The van der Waals surface area contributed by atoms with Gasteiger partial charge in [-0.15, -0.1) is 0 Å². The van der Waals surface area contributed by atoms with Gasteiger partial charge in [0.25, 0.3) is 5.89 Å². The smallest absolute Gasteiger partial charge is 0.264 e. The number of sulfonamides is 1. The van der Waals surface area contributed by atoms with E-state index in [-0.39, 0.29) is 12.5 Å². The summed E-state index contributed by atoms with van der Waals surface area (Å²) in [6.45, 7) is 1.29. The van der Waals surface area contributed by atoms with Gasteiger partial charge in [0, 0.05) is 0 Å². The van der Waals surface area contributed by atoms with Crippen LogP contribution in [0, 0.1) is 18.6 Å². The highest BCUT2D eigenvalue weighted by Gasteiger charge is 2.21. The van der Waals surface area contributed by atoms with Gasteiger partial charge in [-0.2, -0.15) is 9.37 Å². The van der Waals surface area contributed by atoms with E-state index in [9.17, 15) is 17.2 Å². The molecule has 0 radical (unpaired) electrons. The Kier molecular flexibility index (Phi) is 3.68. The topological polar surface area (TPSA) is 108 Å². The van der Waals surface area contributed by atoms with Gasteiger partial charge in [-0.1, -0.05) is 5.16 Å². The molecule has 20 heavy (non-hydrogen) atoms. The average molecular weight is 305 g/mol. The minimum Gasteiger partial charge on any atom is -0.481 e. The van der Waals surface area contributed by atoms with Crippen molar-refractivity contribution >= 4 is 10.0 Å². The number of hydrogen-bond acceptors (Lipinski definition) is 6. The maximum absolute atomic E-state index is 13.6. The molecule has 0 aliphatic carbocycles. The zero-order chi connectivity index (χ0) is 14.9. The lowest BCUT2D eigenvalue weighted by molar-refractivity contribution is 0.231. The first-order chi connectivity index (χ1) is 9.29. The summed E-state index contributed by atoms with van der Waals surface area (Å²) in [5.41, 5.74) is 0. The number of hydrogen-bond donors (Lipinski definition) is 1. The number of ether oxygens (including phenoxy) is 1. The molecule has 0 saturated heterocycles. The highest BCUT2D eigenvalue weighted by molar-refractivity contribution is 7.89. The fourth-order valence-electron chi connectivity index (χ4n) is 1.38. The summed E-state index contributed by atoms with van der Waals surface area (Å²) in [6.07, 6.45) is 0. The molecule has 1 aromatic carbocycles. The van der Waals surface area contributed by atoms with E-state index in [4.69, 9.17) is 14.4 Å². The highest BCUT2D eigenvalue weighted by atomic mass is 32.2. The Morgan fingerprint density at radius 1 is 1.35 bits per heavy atom. The van der Waals surface area contributed by atoms with Gasteiger partial charge >= 0.3 is 0 Å². The maximum atomic E-state index is 13.6. The monoisotopic (exact) mass is 305 g/mol. The van der Waals surface area contributed by atoms with Crippen LogP contribution in [0.3, 0.4) is 0 Å². The average Bonchev–Trinajstić information content (AvgIpc) is 2.75. The van der Waals surface area contributed by atoms with E-state index in [1.165, 1.54) is 0 Å². The number of halogens is 2. The van der Waals surface area contributed by atoms with Crippen molar-refractivity contribution in [2.75, 3.05) is 0 Å². The van der Waals surface area contributed by atoms with E-state index >= 15 is 0 Å². The van der Waals surface area contributed by atoms with Gasteiger partial charge in [0.2, 0.25) is 15.8 Å². The number of aromatic nitrogens is 2. The third-order valence-electron chi connectivity index (χ3n) is 2.24. The van der Waals surface area contributed by atoms with E-state index in [1.807, 2.05) is 0 Å². The molecule has 0 atom stereocenters. The van der Waals surface area contributed by atoms with Crippen LogP contribution in [0.25, 0.3) is 0 Å². The third-order valence-corrected chi connectivity index (χ3v) is 3.17. The van der Waals surface area contributed by atoms with E-state index < -0.39 is 32.3 Å². The summed E-state index contributed by atoms with van der Waals surface area (Å²) in [6, 6.07) is 1.75. The van der Waals surface area contributed by atoms with Gasteiger partial charge in [-0.3, -0.25) is 0 Å². The normalized spacial score (nSPS) is 11.6. The van der Waals surface area contributed by atoms with Crippen molar-refractivity contribution in [3.63, 3.8) is 0 Å². The number of aryl methyl sites for hydroxylation is 1. The Morgan fingerprint density at radius 2 is 2.05 bits per heavy atom. The Balaban J connectivity index is 2.24. The predicted molar refractivity (Wildman–Crippen MR) is 61.1 cm³/mol. The second-order valence-electron chi connectivity index (χ2n) is 3.76. The van der Waals surface area contributed by atoms with Gasteiger partial charge < -0.3 is 9.26 Å². The van der Waals surface area contributed by atoms with Crippen molar-refractivity contribution in [1.82, 2.24) is 10.1 Å². The molecule has 0 unspecified atom stereocenters. The molecule has 0 bridgehead atoms. The molecule has 0 aliphatic rings. The quantitative estimate of drug-likeness (QED) is 0.898. The molecule has 108 valence electrons. The second-order valence-corrected chi connectivity index (χ2v) is 5.29. The van der Waals surface area contributed by atoms with Crippen LogP contribution in [0.15, 0.2) is 21.6 Å². The number of nitrogens with two attached hydrogens (primary N) is 1. The molecule has 2 aromatic rings. The van der Waals surface area contributed by atoms with Crippen molar-refractivity contribution in [3.05, 3.63) is 35.5 Å². The minimum absolute atomic E-state index is 0.0674. The van der Waals surface area contributed by atoms with Crippen molar-refractivity contribution in [2.24, 2.45) is 5.14 Å². The molecule has 2 rings (SSSR count). The summed E-state index contributed by atoms with van der Waals surface area (Å²) < 4.78 is 58.8. The summed E-state index contributed by atoms with van der Waals surface area (Å²) in [5, 5.41) is 8.22. The largest absolute Gasteiger partial charge is 0.481 e. The van der Waals surface area contributed by atoms with Gasteiger partial charge in [0.1, 0.15) is 4.90 Å². The summed E-state index contributed by atoms with van der Waals surface area (Å²) in [4.78, 5) is 2.85. The molecule has 0 amide bonds. The van der Waals surface area contributed by atoms with E-state index in [1.54, 1.807) is 6.92 Å². The lowest BCUT2D eigenvalue weighted by Gasteiger charge is -2.07. The highest BCUT2D eigenvalue weighted by Crippen LogP contribution is 2.25. The standard InChI is InChI=1S/C10H9F2N3O4S/c1-5-14-8(19-15-5)4-18-6-2-3-7(20(13,16)17)10(12)9(6)11/h2-3H,4H2,1H3,(H2,13,16,17). The summed E-state index contributed by atoms with van der Waals surface area (Å²) >= 11 is 0. The Hall–Kier alpha value is -2.07. The molecule has 10 heteroatoms. The third kappa shape index (κ3) is 2.91. The van der Waals surface area contributed by atoms with Gasteiger partial charge in [-0.05, 0) is 19.1 Å². The fraction of sp³-hybridized carbons (Fsp3) is 0.200. The van der Waals surface area contributed by atoms with Crippen molar-refractivity contribution < 1.29 is 26.5 Å². The molecule has 2 N–H and O–H groups in total. The van der Waals surface area contributed by atoms with Crippen LogP contribution in [0.1, 0.15) is 11.7 Å². The first-order valence-corrected chi connectivity index (χ1v) is 6.76. The van der Waals surface area contributed by atoms with E-state index in [2.05, 4.69) is 10.1 Å². The zero-order valence-electron chi connectivity index (χ0n) is 10.1. The molecule has 0 saturated carbocycles. The van der Waals surface area contributed by atoms with Crippen LogP contribution >= 0.6 is 0 Å². The molecule has 7 nitrogen and oxygen atoms in total. The second kappa shape index (κ2) is 5.13. The van der Waals surface area contributed by atoms with Gasteiger partial charge in [0.15, 0.2) is 24.0 Å². The first kappa shape index (κ1) is 14.3. The molecular formula is C10H9F2N3O4S. The van der Waals surface area contributed by atoms with Gasteiger partial charge in [-0.25, -0.2) is 17.9 Å². The summed E-state index contributed by atoms with van der Waals surface area (Å²) in [5.74, 6) is -3.14. The first-order valence-electron chi connectivity index (χ1n) is 5.22. The van der Waals surface area contributed by atoms with Crippen LogP contribution in [0.4, 0.5) is 8.78 Å². The molecule has 0 fully saturated rings. The van der Waals surface area contributed by atoms with Crippen LogP contribution in [-0.2, 0) is 16.6 Å². The Bertz CT molecular complexity index is 745. The molecule has 0 spiro atoms. The molecule has 0 aliphatic heterocycles. The van der Waals surface area contributed by atoms with Crippen molar-refractivity contribution in [1.29, 1.82) is 0 Å². The van der Waals surface area contributed by atoms with Crippen molar-refractivity contribution in [3.8, 4) is 5.75 Å². The summed E-state index contributed by atoms with van der Waals surface area (Å²) in [7, 11) is -4.35. The molecule has 1 heterocycles. The Labute approximate surface area is 112 Å².